The molecule has 2 N–H and O–H groups in total. The second kappa shape index (κ2) is 11.4. The van der Waals surface area contributed by atoms with Crippen molar-refractivity contribution in [3.8, 4) is 0 Å². The Morgan fingerprint density at radius 2 is 0.857 bits per heavy atom. The molecule has 0 aromatic carbocycles. The first-order valence-corrected chi connectivity index (χ1v) is 8.99. The molecule has 0 aliphatic heterocycles. The van der Waals surface area contributed by atoms with E-state index in [0.717, 1.165) is 51.4 Å². The first kappa shape index (κ1) is 20.9. The van der Waals surface area contributed by atoms with Crippen LogP contribution in [0.2, 0.25) is 0 Å². The minimum atomic E-state index is -0.224. The molecule has 0 aromatic heterocycles. The van der Waals surface area contributed by atoms with Gasteiger partial charge in [-0.15, -0.1) is 0 Å². The minimum absolute atomic E-state index is 0.174. The van der Waals surface area contributed by atoms with Crippen molar-refractivity contribution in [2.45, 2.75) is 103 Å². The average molecular weight is 302 g/mol. The van der Waals surface area contributed by atoms with Crippen LogP contribution in [0.15, 0.2) is 0 Å². The lowest BCUT2D eigenvalue weighted by atomic mass is 9.84. The monoisotopic (exact) mass is 302 g/mol. The van der Waals surface area contributed by atoms with E-state index in [1.165, 1.54) is 0 Å². The van der Waals surface area contributed by atoms with Gasteiger partial charge in [0, 0.05) is 13.2 Å². The smallest absolute Gasteiger partial charge is 0.0711 e. The number of rotatable bonds is 14. The van der Waals surface area contributed by atoms with Gasteiger partial charge in [-0.25, -0.2) is 0 Å². The van der Waals surface area contributed by atoms with Gasteiger partial charge in [0.1, 0.15) is 0 Å². The highest BCUT2D eigenvalue weighted by Gasteiger charge is 2.39. The fourth-order valence-corrected chi connectivity index (χ4v) is 3.75. The van der Waals surface area contributed by atoms with Gasteiger partial charge in [-0.1, -0.05) is 53.4 Å². The molecule has 3 heteroatoms. The summed E-state index contributed by atoms with van der Waals surface area (Å²) in [6.07, 6.45) is 9.61. The van der Waals surface area contributed by atoms with Crippen molar-refractivity contribution in [1.82, 2.24) is 0 Å². The molecule has 0 aromatic rings. The van der Waals surface area contributed by atoms with E-state index in [1.807, 2.05) is 0 Å². The molecule has 128 valence electrons. The molecule has 0 unspecified atom stereocenters. The molecule has 0 aliphatic carbocycles. The van der Waals surface area contributed by atoms with Crippen molar-refractivity contribution < 1.29 is 14.9 Å². The summed E-state index contributed by atoms with van der Waals surface area (Å²) in [5.41, 5.74) is -0.449. The summed E-state index contributed by atoms with van der Waals surface area (Å²) in [5, 5.41) is 19.0. The summed E-state index contributed by atoms with van der Waals surface area (Å²) in [5.74, 6) is 0. The summed E-state index contributed by atoms with van der Waals surface area (Å²) in [7, 11) is 0. The Labute approximate surface area is 132 Å². The SMILES string of the molecule is CCCC(CCC)(CCO)OC(CCC)(CCC)CCO. The van der Waals surface area contributed by atoms with Crippen LogP contribution in [-0.4, -0.2) is 34.6 Å². The summed E-state index contributed by atoms with van der Waals surface area (Å²) in [6, 6.07) is 0. The third kappa shape index (κ3) is 7.12. The molecule has 0 rings (SSSR count). The van der Waals surface area contributed by atoms with Crippen molar-refractivity contribution >= 4 is 0 Å². The van der Waals surface area contributed by atoms with Crippen LogP contribution in [0.25, 0.3) is 0 Å². The number of aliphatic hydroxyl groups excluding tert-OH is 2. The molecule has 0 radical (unpaired) electrons. The van der Waals surface area contributed by atoms with Crippen LogP contribution >= 0.6 is 0 Å². The maximum absolute atomic E-state index is 9.51. The van der Waals surface area contributed by atoms with Gasteiger partial charge < -0.3 is 14.9 Å². The van der Waals surface area contributed by atoms with Crippen LogP contribution in [0.3, 0.4) is 0 Å². The van der Waals surface area contributed by atoms with Gasteiger partial charge in [-0.3, -0.25) is 0 Å². The third-order valence-electron chi connectivity index (χ3n) is 4.39. The Morgan fingerprint density at radius 3 is 1.05 bits per heavy atom. The van der Waals surface area contributed by atoms with Gasteiger partial charge in [0.05, 0.1) is 11.2 Å². The minimum Gasteiger partial charge on any atom is -0.396 e. The normalized spacial score (nSPS) is 12.9. The Kier molecular flexibility index (Phi) is 11.4. The molecular weight excluding hydrogens is 264 g/mol. The standard InChI is InChI=1S/C18H38O3/c1-5-9-17(10-6-2,13-15-19)21-18(11-7-3,12-8-4)14-16-20/h19-20H,5-16H2,1-4H3. The van der Waals surface area contributed by atoms with E-state index in [9.17, 15) is 10.2 Å². The van der Waals surface area contributed by atoms with E-state index in [1.54, 1.807) is 0 Å². The summed E-state index contributed by atoms with van der Waals surface area (Å²) >= 11 is 0. The van der Waals surface area contributed by atoms with Crippen LogP contribution in [-0.2, 0) is 4.74 Å². The lowest BCUT2D eigenvalue weighted by Crippen LogP contribution is -2.46. The Balaban J connectivity index is 5.30. The molecule has 3 nitrogen and oxygen atoms in total. The number of hydrogen-bond acceptors (Lipinski definition) is 3. The van der Waals surface area contributed by atoms with Crippen molar-refractivity contribution in [1.29, 1.82) is 0 Å². The fourth-order valence-electron chi connectivity index (χ4n) is 3.75. The predicted molar refractivity (Wildman–Crippen MR) is 89.6 cm³/mol. The molecule has 21 heavy (non-hydrogen) atoms. The summed E-state index contributed by atoms with van der Waals surface area (Å²) in [6.45, 7) is 9.06. The van der Waals surface area contributed by atoms with E-state index in [4.69, 9.17) is 4.74 Å². The third-order valence-corrected chi connectivity index (χ3v) is 4.39. The molecule has 0 heterocycles. The summed E-state index contributed by atoms with van der Waals surface area (Å²) in [4.78, 5) is 0. The highest BCUT2D eigenvalue weighted by Crippen LogP contribution is 2.39. The lowest BCUT2D eigenvalue weighted by molar-refractivity contribution is -0.185. The van der Waals surface area contributed by atoms with Crippen LogP contribution in [0, 0.1) is 0 Å². The van der Waals surface area contributed by atoms with Crippen molar-refractivity contribution in [3.05, 3.63) is 0 Å². The zero-order valence-corrected chi connectivity index (χ0v) is 14.8. The average Bonchev–Trinajstić information content (AvgIpc) is 2.40. The summed E-state index contributed by atoms with van der Waals surface area (Å²) < 4.78 is 6.75. The van der Waals surface area contributed by atoms with Crippen LogP contribution in [0.4, 0.5) is 0 Å². The number of ether oxygens (including phenoxy) is 1. The maximum atomic E-state index is 9.51. The van der Waals surface area contributed by atoms with Crippen LogP contribution in [0.5, 0.6) is 0 Å². The van der Waals surface area contributed by atoms with E-state index < -0.39 is 0 Å². The van der Waals surface area contributed by atoms with Crippen LogP contribution < -0.4 is 0 Å². The van der Waals surface area contributed by atoms with E-state index in [0.29, 0.717) is 12.8 Å². The van der Waals surface area contributed by atoms with E-state index in [2.05, 4.69) is 27.7 Å². The van der Waals surface area contributed by atoms with Gasteiger partial charge in [-0.05, 0) is 38.5 Å². The largest absolute Gasteiger partial charge is 0.396 e. The van der Waals surface area contributed by atoms with Crippen molar-refractivity contribution in [2.75, 3.05) is 13.2 Å². The van der Waals surface area contributed by atoms with E-state index >= 15 is 0 Å². The zero-order chi connectivity index (χ0) is 16.2. The molecule has 0 saturated heterocycles. The predicted octanol–water partition coefficient (Wildman–Crippen LogP) is 4.45. The van der Waals surface area contributed by atoms with Gasteiger partial charge in [-0.2, -0.15) is 0 Å². The highest BCUT2D eigenvalue weighted by molar-refractivity contribution is 4.89. The Bertz CT molecular complexity index is 183. The quantitative estimate of drug-likeness (QED) is 0.498. The lowest BCUT2D eigenvalue weighted by Gasteiger charge is -2.45. The zero-order valence-electron chi connectivity index (χ0n) is 14.8. The van der Waals surface area contributed by atoms with Gasteiger partial charge in [0.25, 0.3) is 0 Å². The van der Waals surface area contributed by atoms with Gasteiger partial charge in [0.2, 0.25) is 0 Å². The first-order valence-electron chi connectivity index (χ1n) is 8.99. The molecule has 0 spiro atoms. The molecule has 0 bridgehead atoms. The molecule has 0 amide bonds. The molecular formula is C18H38O3. The van der Waals surface area contributed by atoms with E-state index in [-0.39, 0.29) is 24.4 Å². The first-order chi connectivity index (χ1) is 10.1. The fraction of sp³-hybridized carbons (Fsp3) is 1.00. The number of aliphatic hydroxyl groups is 2. The van der Waals surface area contributed by atoms with Crippen molar-refractivity contribution in [3.63, 3.8) is 0 Å². The molecule has 0 fully saturated rings. The Hall–Kier alpha value is -0.120. The second-order valence-electron chi connectivity index (χ2n) is 6.42. The maximum Gasteiger partial charge on any atom is 0.0711 e. The van der Waals surface area contributed by atoms with Gasteiger partial charge >= 0.3 is 0 Å². The molecule has 0 atom stereocenters. The van der Waals surface area contributed by atoms with Crippen LogP contribution in [0.1, 0.15) is 91.9 Å². The van der Waals surface area contributed by atoms with Gasteiger partial charge in [0.15, 0.2) is 0 Å². The molecule has 0 saturated carbocycles. The molecule has 0 aliphatic rings. The number of hydrogen-bond donors (Lipinski definition) is 2. The topological polar surface area (TPSA) is 49.7 Å². The highest BCUT2D eigenvalue weighted by atomic mass is 16.5. The Morgan fingerprint density at radius 1 is 0.571 bits per heavy atom. The van der Waals surface area contributed by atoms with Crippen molar-refractivity contribution in [2.24, 2.45) is 0 Å². The second-order valence-corrected chi connectivity index (χ2v) is 6.42.